The smallest absolute Gasteiger partial charge is 0.0577 e. The second-order valence-corrected chi connectivity index (χ2v) is 9.22. The van der Waals surface area contributed by atoms with E-state index in [0.717, 1.165) is 30.8 Å². The molecule has 2 bridgehead atoms. The molecule has 0 spiro atoms. The highest BCUT2D eigenvalue weighted by molar-refractivity contribution is 5.31. The van der Waals surface area contributed by atoms with Crippen LogP contribution in [0.2, 0.25) is 0 Å². The average molecular weight is 363 g/mol. The first-order valence-corrected chi connectivity index (χ1v) is 10.6. The van der Waals surface area contributed by atoms with Crippen molar-refractivity contribution >= 4 is 0 Å². The van der Waals surface area contributed by atoms with Gasteiger partial charge in [-0.15, -0.1) is 0 Å². The third-order valence-electron chi connectivity index (χ3n) is 7.50. The third kappa shape index (κ3) is 3.70. The highest BCUT2D eigenvalue weighted by Crippen LogP contribution is 2.61. The van der Waals surface area contributed by atoms with E-state index >= 15 is 0 Å². The van der Waals surface area contributed by atoms with Gasteiger partial charge in [0.15, 0.2) is 0 Å². The van der Waals surface area contributed by atoms with Gasteiger partial charge in [-0.2, -0.15) is 0 Å². The summed E-state index contributed by atoms with van der Waals surface area (Å²) in [4.78, 5) is 0. The first-order chi connectivity index (χ1) is 13.1. The van der Waals surface area contributed by atoms with Crippen molar-refractivity contribution in [1.29, 1.82) is 0 Å². The largest absolute Gasteiger partial charge is 0.312 e. The molecule has 0 saturated heterocycles. The van der Waals surface area contributed by atoms with Crippen molar-refractivity contribution in [1.82, 2.24) is 10.6 Å². The summed E-state index contributed by atoms with van der Waals surface area (Å²) in [5.41, 5.74) is 3.23. The summed E-state index contributed by atoms with van der Waals surface area (Å²) in [6.07, 6.45) is 2.81. The molecule has 5 rings (SSSR count). The summed E-state index contributed by atoms with van der Waals surface area (Å²) in [7, 11) is 0. The maximum atomic E-state index is 3.87. The second-order valence-electron chi connectivity index (χ2n) is 9.22. The zero-order valence-electron chi connectivity index (χ0n) is 17.0. The van der Waals surface area contributed by atoms with Crippen LogP contribution in [0.5, 0.6) is 0 Å². The van der Waals surface area contributed by atoms with E-state index in [9.17, 15) is 0 Å². The Morgan fingerprint density at radius 3 is 2.00 bits per heavy atom. The Kier molecular flexibility index (Phi) is 5.39. The molecule has 144 valence electrons. The average Bonchev–Trinajstić information content (AvgIpc) is 2.70. The Bertz CT molecular complexity index is 685. The van der Waals surface area contributed by atoms with Gasteiger partial charge in [0.2, 0.25) is 0 Å². The van der Waals surface area contributed by atoms with E-state index in [1.165, 1.54) is 24.0 Å². The van der Waals surface area contributed by atoms with Crippen LogP contribution in [0.15, 0.2) is 60.7 Å². The van der Waals surface area contributed by atoms with Crippen LogP contribution in [0, 0.1) is 23.2 Å². The molecule has 0 radical (unpaired) electrons. The number of rotatable bonds is 7. The van der Waals surface area contributed by atoms with Crippen molar-refractivity contribution in [3.8, 4) is 0 Å². The molecule has 2 aromatic carbocycles. The van der Waals surface area contributed by atoms with Gasteiger partial charge in [0, 0.05) is 19.1 Å². The van der Waals surface area contributed by atoms with Crippen LogP contribution in [-0.2, 0) is 0 Å². The predicted octanol–water partition coefficient (Wildman–Crippen LogP) is 5.03. The van der Waals surface area contributed by atoms with Crippen molar-refractivity contribution in [2.75, 3.05) is 13.1 Å². The molecule has 2 heteroatoms. The van der Waals surface area contributed by atoms with Gasteiger partial charge in [0.25, 0.3) is 0 Å². The lowest BCUT2D eigenvalue weighted by Gasteiger charge is -2.62. The van der Waals surface area contributed by atoms with Gasteiger partial charge in [-0.1, -0.05) is 81.4 Å². The van der Waals surface area contributed by atoms with Crippen LogP contribution in [-0.4, -0.2) is 19.1 Å². The zero-order valence-corrected chi connectivity index (χ0v) is 17.0. The molecule has 3 aliphatic rings. The summed E-state index contributed by atoms with van der Waals surface area (Å²) >= 11 is 0. The summed E-state index contributed by atoms with van der Waals surface area (Å²) in [6, 6.07) is 22.5. The molecule has 4 atom stereocenters. The van der Waals surface area contributed by atoms with E-state index < -0.39 is 0 Å². The van der Waals surface area contributed by atoms with E-state index in [0.29, 0.717) is 11.5 Å². The Labute approximate surface area is 164 Å². The number of nitrogens with one attached hydrogen (secondary N) is 2. The topological polar surface area (TPSA) is 24.1 Å². The highest BCUT2D eigenvalue weighted by Gasteiger charge is 2.55. The van der Waals surface area contributed by atoms with Crippen LogP contribution in [0.3, 0.4) is 0 Å². The highest BCUT2D eigenvalue weighted by atomic mass is 15.0. The fraction of sp³-hybridized carbons (Fsp3) is 0.520. The summed E-state index contributed by atoms with van der Waals surface area (Å²) in [5, 5.41) is 7.65. The minimum Gasteiger partial charge on any atom is -0.312 e. The maximum Gasteiger partial charge on any atom is 0.0577 e. The standard InChI is InChI=1S/C25H34N2/c1-18-22-16-21(25(22,2)3)17-23(18)26-14-15-27-24(19-10-6-4-7-11-19)20-12-8-5-9-13-20/h4-13,18,21-24,26-27H,14-17H2,1-3H3/t18-,21+,22-,23-/m1/s1. The predicted molar refractivity (Wildman–Crippen MR) is 114 cm³/mol. The molecule has 3 fully saturated rings. The van der Waals surface area contributed by atoms with Gasteiger partial charge in [0.1, 0.15) is 0 Å². The fourth-order valence-electron chi connectivity index (χ4n) is 5.61. The Balaban J connectivity index is 1.33. The molecule has 0 aliphatic heterocycles. The number of fused-ring (bicyclic) bond motifs is 2. The molecule has 27 heavy (non-hydrogen) atoms. The van der Waals surface area contributed by atoms with Gasteiger partial charge < -0.3 is 10.6 Å². The normalized spacial score (nSPS) is 28.7. The molecule has 3 aliphatic carbocycles. The molecule has 0 unspecified atom stereocenters. The summed E-state index contributed by atoms with van der Waals surface area (Å²) < 4.78 is 0. The van der Waals surface area contributed by atoms with Crippen LogP contribution in [0.4, 0.5) is 0 Å². The lowest BCUT2D eigenvalue weighted by atomic mass is 9.45. The van der Waals surface area contributed by atoms with E-state index in [1.54, 1.807) is 0 Å². The molecular formula is C25H34N2. The van der Waals surface area contributed by atoms with Crippen LogP contribution < -0.4 is 10.6 Å². The maximum absolute atomic E-state index is 3.87. The number of benzene rings is 2. The van der Waals surface area contributed by atoms with Crippen molar-refractivity contribution in [2.24, 2.45) is 23.2 Å². The third-order valence-corrected chi connectivity index (χ3v) is 7.50. The molecule has 2 N–H and O–H groups in total. The molecule has 3 saturated carbocycles. The van der Waals surface area contributed by atoms with Gasteiger partial charge >= 0.3 is 0 Å². The number of hydrogen-bond acceptors (Lipinski definition) is 2. The van der Waals surface area contributed by atoms with Gasteiger partial charge in [-0.3, -0.25) is 0 Å². The quantitative estimate of drug-likeness (QED) is 0.675. The first kappa shape index (κ1) is 18.7. The molecule has 0 heterocycles. The van der Waals surface area contributed by atoms with Crippen molar-refractivity contribution < 1.29 is 0 Å². The lowest BCUT2D eigenvalue weighted by molar-refractivity contribution is -0.114. The summed E-state index contributed by atoms with van der Waals surface area (Å²) in [5.74, 6) is 2.62. The van der Waals surface area contributed by atoms with Gasteiger partial charge in [-0.05, 0) is 47.1 Å². The molecule has 0 aromatic heterocycles. The number of hydrogen-bond donors (Lipinski definition) is 2. The van der Waals surface area contributed by atoms with E-state index in [-0.39, 0.29) is 6.04 Å². The van der Waals surface area contributed by atoms with Crippen molar-refractivity contribution in [3.63, 3.8) is 0 Å². The van der Waals surface area contributed by atoms with Crippen molar-refractivity contribution in [3.05, 3.63) is 71.8 Å². The minimum absolute atomic E-state index is 0.255. The molecule has 2 nitrogen and oxygen atoms in total. The second kappa shape index (κ2) is 7.77. The monoisotopic (exact) mass is 362 g/mol. The Morgan fingerprint density at radius 1 is 0.889 bits per heavy atom. The first-order valence-electron chi connectivity index (χ1n) is 10.6. The van der Waals surface area contributed by atoms with E-state index in [1.807, 2.05) is 0 Å². The van der Waals surface area contributed by atoms with Crippen LogP contribution >= 0.6 is 0 Å². The summed E-state index contributed by atoms with van der Waals surface area (Å²) in [6.45, 7) is 9.43. The van der Waals surface area contributed by atoms with Crippen molar-refractivity contribution in [2.45, 2.75) is 45.7 Å². The van der Waals surface area contributed by atoms with Gasteiger partial charge in [-0.25, -0.2) is 0 Å². The Hall–Kier alpha value is -1.64. The van der Waals surface area contributed by atoms with E-state index in [4.69, 9.17) is 0 Å². The van der Waals surface area contributed by atoms with E-state index in [2.05, 4.69) is 92.1 Å². The zero-order chi connectivity index (χ0) is 18.9. The molecule has 0 amide bonds. The molecular weight excluding hydrogens is 328 g/mol. The SMILES string of the molecule is C[C@@H]1[C@H]2C[C@@H](C[C@H]1NCCNC(c1ccccc1)c1ccccc1)C2(C)C. The minimum atomic E-state index is 0.255. The Morgan fingerprint density at radius 2 is 1.48 bits per heavy atom. The molecule has 2 aromatic rings. The fourth-order valence-corrected chi connectivity index (χ4v) is 5.61. The van der Waals surface area contributed by atoms with Gasteiger partial charge in [0.05, 0.1) is 6.04 Å². The van der Waals surface area contributed by atoms with Crippen LogP contribution in [0.25, 0.3) is 0 Å². The van der Waals surface area contributed by atoms with Crippen LogP contribution in [0.1, 0.15) is 50.8 Å². The lowest BCUT2D eigenvalue weighted by Crippen LogP contribution is -2.60.